The Morgan fingerprint density at radius 1 is 1.04 bits per heavy atom. The van der Waals surface area contributed by atoms with Crippen LogP contribution in [0.15, 0.2) is 23.1 Å². The molecule has 0 bridgehead atoms. The van der Waals surface area contributed by atoms with Crippen LogP contribution in [0.4, 0.5) is 0 Å². The lowest BCUT2D eigenvalue weighted by molar-refractivity contribution is -0.136. The number of hydrogen-bond acceptors (Lipinski definition) is 4. The van der Waals surface area contributed by atoms with E-state index in [9.17, 15) is 18.0 Å². The van der Waals surface area contributed by atoms with E-state index in [1.165, 1.54) is 26.2 Å². The van der Waals surface area contributed by atoms with E-state index in [1.54, 1.807) is 33.8 Å². The second-order valence-corrected chi connectivity index (χ2v) is 9.45. The molecule has 140 valence electrons. The Morgan fingerprint density at radius 3 is 1.88 bits per heavy atom. The highest BCUT2D eigenvalue weighted by Gasteiger charge is 2.30. The zero-order valence-electron chi connectivity index (χ0n) is 15.5. The zero-order chi connectivity index (χ0) is 19.5. The van der Waals surface area contributed by atoms with E-state index in [-0.39, 0.29) is 39.7 Å². The molecule has 0 N–H and O–H groups in total. The first-order valence-corrected chi connectivity index (χ1v) is 9.99. The van der Waals surface area contributed by atoms with Crippen molar-refractivity contribution in [3.8, 4) is 0 Å². The minimum absolute atomic E-state index is 0.00448. The number of benzene rings is 1. The first-order valence-electron chi connectivity index (χ1n) is 8.18. The van der Waals surface area contributed by atoms with Crippen LogP contribution < -0.4 is 0 Å². The minimum atomic E-state index is -3.64. The Hall–Kier alpha value is -1.24. The molecule has 1 aromatic carbocycles. The van der Waals surface area contributed by atoms with Gasteiger partial charge < -0.3 is 0 Å². The van der Waals surface area contributed by atoms with Crippen LogP contribution >= 0.6 is 11.6 Å². The predicted molar refractivity (Wildman–Crippen MR) is 99.2 cm³/mol. The van der Waals surface area contributed by atoms with Crippen molar-refractivity contribution in [3.63, 3.8) is 0 Å². The maximum atomic E-state index is 12.4. The van der Waals surface area contributed by atoms with E-state index >= 15 is 0 Å². The fraction of sp³-hybridized carbons (Fsp3) is 0.556. The number of carbonyl (C=O) groups is 2. The summed E-state index contributed by atoms with van der Waals surface area (Å²) in [4.78, 5) is 24.9. The quantitative estimate of drug-likeness (QED) is 0.642. The molecule has 0 aliphatic rings. The lowest BCUT2D eigenvalue weighted by Gasteiger charge is -2.19. The van der Waals surface area contributed by atoms with Crippen molar-refractivity contribution in [2.45, 2.75) is 39.0 Å². The Kier molecular flexibility index (Phi) is 7.35. The van der Waals surface area contributed by atoms with Gasteiger partial charge in [0.1, 0.15) is 16.5 Å². The second-order valence-electron chi connectivity index (χ2n) is 6.92. The Labute approximate surface area is 155 Å². The Morgan fingerprint density at radius 2 is 1.52 bits per heavy atom. The van der Waals surface area contributed by atoms with Crippen molar-refractivity contribution in [3.05, 3.63) is 28.8 Å². The molecule has 5 nitrogen and oxygen atoms in total. The van der Waals surface area contributed by atoms with Gasteiger partial charge in [-0.2, -0.15) is 0 Å². The summed E-state index contributed by atoms with van der Waals surface area (Å²) in [5, 5.41) is 0.0824. The molecular formula is C18H26ClNO4S. The van der Waals surface area contributed by atoms with Crippen LogP contribution in [-0.4, -0.2) is 38.4 Å². The fourth-order valence-corrected chi connectivity index (χ4v) is 3.89. The molecule has 0 fully saturated rings. The van der Waals surface area contributed by atoms with Crippen LogP contribution in [0.2, 0.25) is 5.02 Å². The molecule has 0 aliphatic heterocycles. The summed E-state index contributed by atoms with van der Waals surface area (Å²) in [6, 6.07) is 4.55. The van der Waals surface area contributed by atoms with Gasteiger partial charge >= 0.3 is 0 Å². The first-order chi connectivity index (χ1) is 11.4. The first kappa shape index (κ1) is 21.8. The van der Waals surface area contributed by atoms with Crippen LogP contribution in [0, 0.1) is 17.8 Å². The molecule has 0 radical (unpaired) electrons. The molecule has 7 heteroatoms. The van der Waals surface area contributed by atoms with Crippen molar-refractivity contribution in [1.82, 2.24) is 4.31 Å². The highest BCUT2D eigenvalue weighted by molar-refractivity contribution is 7.89. The van der Waals surface area contributed by atoms with Crippen LogP contribution in [-0.2, 0) is 26.0 Å². The van der Waals surface area contributed by atoms with Crippen molar-refractivity contribution in [2.75, 3.05) is 14.1 Å². The lowest BCUT2D eigenvalue weighted by atomic mass is 9.83. The average molecular weight is 388 g/mol. The Bertz CT molecular complexity index is 734. The third-order valence-corrected chi connectivity index (χ3v) is 6.32. The van der Waals surface area contributed by atoms with Gasteiger partial charge in [-0.15, -0.1) is 0 Å². The molecule has 0 saturated carbocycles. The van der Waals surface area contributed by atoms with Gasteiger partial charge in [0.05, 0.1) is 10.9 Å². The smallest absolute Gasteiger partial charge is 0.244 e. The number of nitrogens with zero attached hydrogens (tertiary/aromatic N) is 1. The molecule has 0 aliphatic carbocycles. The van der Waals surface area contributed by atoms with Gasteiger partial charge in [0.2, 0.25) is 10.0 Å². The van der Waals surface area contributed by atoms with Gasteiger partial charge in [0.15, 0.2) is 0 Å². The minimum Gasteiger partial charge on any atom is -0.299 e. The summed E-state index contributed by atoms with van der Waals surface area (Å²) in [6.45, 7) is 7.07. The maximum absolute atomic E-state index is 12.4. The van der Waals surface area contributed by atoms with Gasteiger partial charge in [-0.3, -0.25) is 9.59 Å². The third-order valence-electron chi connectivity index (χ3n) is 4.02. The highest BCUT2D eigenvalue weighted by atomic mass is 35.5. The number of rotatable bonds is 8. The predicted octanol–water partition coefficient (Wildman–Crippen LogP) is 3.20. The molecule has 0 aromatic heterocycles. The highest BCUT2D eigenvalue weighted by Crippen LogP contribution is 2.27. The van der Waals surface area contributed by atoms with Gasteiger partial charge in [-0.1, -0.05) is 45.4 Å². The molecule has 1 aromatic rings. The number of carbonyl (C=O) groups excluding carboxylic acids is 2. The summed E-state index contributed by atoms with van der Waals surface area (Å²) < 4.78 is 25.5. The van der Waals surface area contributed by atoms with Crippen LogP contribution in [0.1, 0.15) is 33.3 Å². The summed E-state index contributed by atoms with van der Waals surface area (Å²) in [7, 11) is -0.787. The standard InChI is InChI=1S/C18H26ClNO4S/c1-11(2)17(21)14(18(22)12(3)4)9-13-7-8-16(15(19)10-13)25(23,24)20(5)6/h7-8,10-12,14H,9H2,1-6H3. The van der Waals surface area contributed by atoms with Gasteiger partial charge in [-0.05, 0) is 24.1 Å². The number of halogens is 1. The van der Waals surface area contributed by atoms with E-state index in [0.717, 1.165) is 4.31 Å². The molecule has 0 spiro atoms. The molecule has 0 saturated heterocycles. The van der Waals surface area contributed by atoms with E-state index in [0.29, 0.717) is 5.56 Å². The molecule has 0 atom stereocenters. The van der Waals surface area contributed by atoms with Crippen LogP contribution in [0.5, 0.6) is 0 Å². The third kappa shape index (κ3) is 5.12. The van der Waals surface area contributed by atoms with Gasteiger partial charge in [0, 0.05) is 25.9 Å². The molecule has 25 heavy (non-hydrogen) atoms. The normalized spacial score (nSPS) is 12.4. The van der Waals surface area contributed by atoms with E-state index < -0.39 is 15.9 Å². The molecule has 1 rings (SSSR count). The van der Waals surface area contributed by atoms with E-state index in [4.69, 9.17) is 11.6 Å². The number of ketones is 2. The van der Waals surface area contributed by atoms with Crippen molar-refractivity contribution < 1.29 is 18.0 Å². The second kappa shape index (κ2) is 8.43. The summed E-state index contributed by atoms with van der Waals surface area (Å²) >= 11 is 6.15. The summed E-state index contributed by atoms with van der Waals surface area (Å²) in [5.74, 6) is -1.47. The monoisotopic (exact) mass is 387 g/mol. The number of Topliss-reactive ketones (excluding diaryl/α,β-unsaturated/α-hetero) is 2. The number of hydrogen-bond donors (Lipinski definition) is 0. The average Bonchev–Trinajstić information content (AvgIpc) is 2.50. The molecule has 0 unspecified atom stereocenters. The fourth-order valence-electron chi connectivity index (χ4n) is 2.46. The zero-order valence-corrected chi connectivity index (χ0v) is 17.1. The Balaban J connectivity index is 3.22. The topological polar surface area (TPSA) is 71.5 Å². The summed E-state index contributed by atoms with van der Waals surface area (Å²) in [5.41, 5.74) is 0.663. The number of sulfonamides is 1. The van der Waals surface area contributed by atoms with Crippen LogP contribution in [0.3, 0.4) is 0 Å². The maximum Gasteiger partial charge on any atom is 0.244 e. The van der Waals surface area contributed by atoms with Crippen molar-refractivity contribution >= 4 is 33.2 Å². The van der Waals surface area contributed by atoms with Gasteiger partial charge in [-0.25, -0.2) is 12.7 Å². The van der Waals surface area contributed by atoms with Crippen LogP contribution in [0.25, 0.3) is 0 Å². The molecular weight excluding hydrogens is 362 g/mol. The molecule has 0 heterocycles. The van der Waals surface area contributed by atoms with Gasteiger partial charge in [0.25, 0.3) is 0 Å². The lowest BCUT2D eigenvalue weighted by Crippen LogP contribution is -2.32. The van der Waals surface area contributed by atoms with Crippen molar-refractivity contribution in [2.24, 2.45) is 17.8 Å². The largest absolute Gasteiger partial charge is 0.299 e. The molecule has 0 amide bonds. The SMILES string of the molecule is CC(C)C(=O)C(Cc1ccc(S(=O)(=O)N(C)C)c(Cl)c1)C(=O)C(C)C. The van der Waals surface area contributed by atoms with E-state index in [2.05, 4.69) is 0 Å². The van der Waals surface area contributed by atoms with E-state index in [1.807, 2.05) is 0 Å². The van der Waals surface area contributed by atoms with Crippen molar-refractivity contribution in [1.29, 1.82) is 0 Å². The summed E-state index contributed by atoms with van der Waals surface area (Å²) in [6.07, 6.45) is 0.218.